The molecule has 1 aromatic carbocycles. The van der Waals surface area contributed by atoms with Gasteiger partial charge in [-0.3, -0.25) is 4.79 Å². The molecule has 0 aliphatic rings. The van der Waals surface area contributed by atoms with Crippen molar-refractivity contribution in [2.45, 2.75) is 31.6 Å². The van der Waals surface area contributed by atoms with Crippen LogP contribution in [0, 0.1) is 0 Å². The highest BCUT2D eigenvalue weighted by atomic mass is 35.5. The Kier molecular flexibility index (Phi) is 11.2. The maximum absolute atomic E-state index is 11.2. The van der Waals surface area contributed by atoms with Crippen molar-refractivity contribution in [2.24, 2.45) is 5.73 Å². The van der Waals surface area contributed by atoms with Crippen LogP contribution in [0.15, 0.2) is 24.3 Å². The molecule has 0 bridgehead atoms. The summed E-state index contributed by atoms with van der Waals surface area (Å²) in [6.07, 6.45) is 1.08. The van der Waals surface area contributed by atoms with Gasteiger partial charge in [0.15, 0.2) is 0 Å². The largest absolute Gasteiger partial charge is 0.497 e. The summed E-state index contributed by atoms with van der Waals surface area (Å²) in [5.41, 5.74) is 7.22. The molecule has 6 heteroatoms. The highest BCUT2D eigenvalue weighted by molar-refractivity contribution is 7.98. The van der Waals surface area contributed by atoms with Crippen LogP contribution >= 0.6 is 24.2 Å². The Morgan fingerprint density at radius 1 is 1.33 bits per heavy atom. The summed E-state index contributed by atoms with van der Waals surface area (Å²) in [5.74, 6) is 2.45. The minimum atomic E-state index is -0.164. The molecule has 21 heavy (non-hydrogen) atoms. The number of methoxy groups -OCH3 is 1. The second-order valence-corrected chi connectivity index (χ2v) is 5.50. The molecule has 0 amide bonds. The zero-order valence-electron chi connectivity index (χ0n) is 12.5. The minimum absolute atomic E-state index is 0. The standard InChI is InChI=1S/C15H23NO3S.ClH/c1-3-19-15(17)9-6-13(16)11-20-10-12-4-7-14(18-2)8-5-12;/h4-5,7-8,13H,3,6,9-11,16H2,1-2H3;1H/t13-;/m1./s1. The zero-order chi connectivity index (χ0) is 14.8. The summed E-state index contributed by atoms with van der Waals surface area (Å²) < 4.78 is 9.99. The molecule has 2 N–H and O–H groups in total. The number of nitrogens with two attached hydrogens (primary N) is 1. The van der Waals surface area contributed by atoms with Gasteiger partial charge in [-0.25, -0.2) is 0 Å². The number of halogens is 1. The van der Waals surface area contributed by atoms with Crippen molar-refractivity contribution < 1.29 is 14.3 Å². The Balaban J connectivity index is 0.00000400. The normalized spacial score (nSPS) is 11.4. The maximum Gasteiger partial charge on any atom is 0.305 e. The van der Waals surface area contributed by atoms with Crippen molar-refractivity contribution in [3.63, 3.8) is 0 Å². The van der Waals surface area contributed by atoms with E-state index in [1.54, 1.807) is 18.9 Å². The average molecular weight is 334 g/mol. The molecule has 0 heterocycles. The van der Waals surface area contributed by atoms with E-state index in [1.165, 1.54) is 5.56 Å². The van der Waals surface area contributed by atoms with Crippen molar-refractivity contribution in [1.82, 2.24) is 0 Å². The third-order valence-corrected chi connectivity index (χ3v) is 3.99. The van der Waals surface area contributed by atoms with Crippen LogP contribution in [-0.2, 0) is 15.3 Å². The number of benzene rings is 1. The fourth-order valence-electron chi connectivity index (χ4n) is 1.67. The molecule has 1 rings (SSSR count). The first-order valence-corrected chi connectivity index (χ1v) is 7.93. The van der Waals surface area contributed by atoms with Gasteiger partial charge in [-0.15, -0.1) is 12.4 Å². The monoisotopic (exact) mass is 333 g/mol. The molecule has 4 nitrogen and oxygen atoms in total. The zero-order valence-corrected chi connectivity index (χ0v) is 14.2. The quantitative estimate of drug-likeness (QED) is 0.704. The fraction of sp³-hybridized carbons (Fsp3) is 0.533. The predicted octanol–water partition coefficient (Wildman–Crippen LogP) is 3.02. The van der Waals surface area contributed by atoms with E-state index in [0.717, 1.165) is 17.3 Å². The molecule has 0 fully saturated rings. The lowest BCUT2D eigenvalue weighted by Gasteiger charge is -2.11. The van der Waals surface area contributed by atoms with Gasteiger partial charge in [-0.1, -0.05) is 12.1 Å². The SMILES string of the molecule is CCOC(=O)CC[C@@H](N)CSCc1ccc(OC)cc1.Cl. The summed E-state index contributed by atoms with van der Waals surface area (Å²) >= 11 is 1.77. The van der Waals surface area contributed by atoms with E-state index in [4.69, 9.17) is 15.2 Å². The predicted molar refractivity (Wildman–Crippen MR) is 90.2 cm³/mol. The highest BCUT2D eigenvalue weighted by Gasteiger charge is 2.08. The number of rotatable bonds is 9. The van der Waals surface area contributed by atoms with Crippen LogP contribution in [0.2, 0.25) is 0 Å². The number of carbonyl (C=O) groups excluding carboxylic acids is 1. The van der Waals surface area contributed by atoms with Crippen molar-refractivity contribution in [3.8, 4) is 5.75 Å². The van der Waals surface area contributed by atoms with Gasteiger partial charge in [0.25, 0.3) is 0 Å². The average Bonchev–Trinajstić information content (AvgIpc) is 2.46. The lowest BCUT2D eigenvalue weighted by atomic mass is 10.2. The highest BCUT2D eigenvalue weighted by Crippen LogP contribution is 2.17. The van der Waals surface area contributed by atoms with Crippen LogP contribution in [0.1, 0.15) is 25.3 Å². The fourth-order valence-corrected chi connectivity index (χ4v) is 2.69. The van der Waals surface area contributed by atoms with Crippen molar-refractivity contribution in [3.05, 3.63) is 29.8 Å². The summed E-state index contributed by atoms with van der Waals surface area (Å²) in [7, 11) is 1.66. The van der Waals surface area contributed by atoms with Crippen LogP contribution in [0.25, 0.3) is 0 Å². The number of carbonyl (C=O) groups is 1. The summed E-state index contributed by atoms with van der Waals surface area (Å²) in [5, 5.41) is 0. The van der Waals surface area contributed by atoms with Crippen molar-refractivity contribution in [1.29, 1.82) is 0 Å². The number of hydrogen-bond acceptors (Lipinski definition) is 5. The van der Waals surface area contributed by atoms with E-state index >= 15 is 0 Å². The molecular formula is C15H24ClNO3S. The molecule has 0 saturated heterocycles. The Bertz CT molecular complexity index is 400. The van der Waals surface area contributed by atoms with Crippen LogP contribution in [0.3, 0.4) is 0 Å². The molecular weight excluding hydrogens is 310 g/mol. The minimum Gasteiger partial charge on any atom is -0.497 e. The van der Waals surface area contributed by atoms with E-state index in [9.17, 15) is 4.79 Å². The maximum atomic E-state index is 11.2. The molecule has 0 saturated carbocycles. The van der Waals surface area contributed by atoms with Gasteiger partial charge in [0.05, 0.1) is 13.7 Å². The first-order chi connectivity index (χ1) is 9.65. The molecule has 0 aromatic heterocycles. The van der Waals surface area contributed by atoms with Gasteiger partial charge in [0, 0.05) is 24.0 Å². The van der Waals surface area contributed by atoms with Gasteiger partial charge in [-0.05, 0) is 31.0 Å². The molecule has 0 aliphatic heterocycles. The molecule has 0 radical (unpaired) electrons. The second-order valence-electron chi connectivity index (χ2n) is 4.47. The van der Waals surface area contributed by atoms with Crippen molar-refractivity contribution >= 4 is 30.1 Å². The molecule has 1 atom stereocenters. The van der Waals surface area contributed by atoms with Crippen LogP contribution in [0.4, 0.5) is 0 Å². The van der Waals surface area contributed by atoms with E-state index in [1.807, 2.05) is 19.1 Å². The Morgan fingerprint density at radius 3 is 2.57 bits per heavy atom. The Labute approximate surface area is 137 Å². The van der Waals surface area contributed by atoms with E-state index in [2.05, 4.69) is 12.1 Å². The lowest BCUT2D eigenvalue weighted by molar-refractivity contribution is -0.143. The van der Waals surface area contributed by atoms with Gasteiger partial charge >= 0.3 is 5.97 Å². The van der Waals surface area contributed by atoms with E-state index < -0.39 is 0 Å². The van der Waals surface area contributed by atoms with Crippen LogP contribution in [0.5, 0.6) is 5.75 Å². The smallest absolute Gasteiger partial charge is 0.305 e. The van der Waals surface area contributed by atoms with Crippen LogP contribution < -0.4 is 10.5 Å². The number of hydrogen-bond donors (Lipinski definition) is 1. The second kappa shape index (κ2) is 11.7. The molecule has 120 valence electrons. The van der Waals surface area contributed by atoms with Gasteiger partial charge in [-0.2, -0.15) is 11.8 Å². The molecule has 1 aromatic rings. The Morgan fingerprint density at radius 2 is 2.00 bits per heavy atom. The third-order valence-electron chi connectivity index (χ3n) is 2.78. The lowest BCUT2D eigenvalue weighted by Crippen LogP contribution is -2.24. The molecule has 0 aliphatic carbocycles. The van der Waals surface area contributed by atoms with Crippen molar-refractivity contribution in [2.75, 3.05) is 19.5 Å². The van der Waals surface area contributed by atoms with E-state index in [0.29, 0.717) is 19.4 Å². The van der Waals surface area contributed by atoms with E-state index in [-0.39, 0.29) is 24.4 Å². The topological polar surface area (TPSA) is 61.5 Å². The number of thioether (sulfide) groups is 1. The first-order valence-electron chi connectivity index (χ1n) is 6.77. The van der Waals surface area contributed by atoms with Gasteiger partial charge in [0.1, 0.15) is 5.75 Å². The number of ether oxygens (including phenoxy) is 2. The first kappa shape index (κ1) is 20.1. The van der Waals surface area contributed by atoms with Gasteiger partial charge in [0.2, 0.25) is 0 Å². The van der Waals surface area contributed by atoms with Gasteiger partial charge < -0.3 is 15.2 Å². The molecule has 0 unspecified atom stereocenters. The Hall–Kier alpha value is -0.910. The summed E-state index contributed by atoms with van der Waals surface area (Å²) in [6.45, 7) is 2.24. The number of esters is 1. The summed E-state index contributed by atoms with van der Waals surface area (Å²) in [4.78, 5) is 11.2. The van der Waals surface area contributed by atoms with Crippen LogP contribution in [-0.4, -0.2) is 31.5 Å². The summed E-state index contributed by atoms with van der Waals surface area (Å²) in [6, 6.07) is 8.04. The molecule has 0 spiro atoms. The third kappa shape index (κ3) is 8.86.